The SMILES string of the molecule is CC(C)C1CCN(Cc2ccccc2)CC1.CC(C)c1sc(N2CCCCC2)nc1Cl. The lowest BCUT2D eigenvalue weighted by molar-refractivity contribution is 0.152. The first-order valence-corrected chi connectivity index (χ1v) is 13.3. The number of piperidine rings is 2. The van der Waals surface area contributed by atoms with E-state index >= 15 is 0 Å². The van der Waals surface area contributed by atoms with Crippen LogP contribution < -0.4 is 4.90 Å². The zero-order valence-corrected chi connectivity index (χ0v) is 21.4. The average molecular weight is 462 g/mol. The number of hydrogen-bond donors (Lipinski definition) is 0. The van der Waals surface area contributed by atoms with Gasteiger partial charge in [0, 0.05) is 24.5 Å². The van der Waals surface area contributed by atoms with Gasteiger partial charge in [-0.05, 0) is 68.5 Å². The van der Waals surface area contributed by atoms with Gasteiger partial charge in [0.25, 0.3) is 0 Å². The summed E-state index contributed by atoms with van der Waals surface area (Å²) in [5.41, 5.74) is 1.45. The predicted octanol–water partition coefficient (Wildman–Crippen LogP) is 7.46. The van der Waals surface area contributed by atoms with Crippen LogP contribution in [0.5, 0.6) is 0 Å². The lowest BCUT2D eigenvalue weighted by Crippen LogP contribution is -2.34. The van der Waals surface area contributed by atoms with Crippen LogP contribution in [-0.2, 0) is 6.54 Å². The van der Waals surface area contributed by atoms with Gasteiger partial charge < -0.3 is 4.90 Å². The van der Waals surface area contributed by atoms with Crippen LogP contribution in [0.4, 0.5) is 5.13 Å². The number of anilines is 1. The summed E-state index contributed by atoms with van der Waals surface area (Å²) in [6, 6.07) is 10.8. The van der Waals surface area contributed by atoms with Crippen molar-refractivity contribution in [2.75, 3.05) is 31.1 Å². The molecule has 0 atom stereocenters. The van der Waals surface area contributed by atoms with E-state index in [1.165, 1.54) is 55.6 Å². The van der Waals surface area contributed by atoms with Crippen molar-refractivity contribution in [3.8, 4) is 0 Å². The first-order valence-electron chi connectivity index (χ1n) is 12.1. The average Bonchev–Trinajstić information content (AvgIpc) is 3.18. The van der Waals surface area contributed by atoms with Crippen LogP contribution in [0.15, 0.2) is 30.3 Å². The first kappa shape index (κ1) is 24.5. The van der Waals surface area contributed by atoms with Crippen LogP contribution in [0.3, 0.4) is 0 Å². The smallest absolute Gasteiger partial charge is 0.187 e. The summed E-state index contributed by atoms with van der Waals surface area (Å²) in [5, 5.41) is 1.82. The van der Waals surface area contributed by atoms with Gasteiger partial charge in [-0.1, -0.05) is 69.6 Å². The number of benzene rings is 1. The summed E-state index contributed by atoms with van der Waals surface area (Å²) in [5.74, 6) is 2.29. The number of nitrogens with zero attached hydrogens (tertiary/aromatic N) is 3. The number of halogens is 1. The summed E-state index contributed by atoms with van der Waals surface area (Å²) in [7, 11) is 0. The molecule has 2 aliphatic rings. The molecule has 0 radical (unpaired) electrons. The van der Waals surface area contributed by atoms with Crippen LogP contribution >= 0.6 is 22.9 Å². The molecule has 2 fully saturated rings. The Kier molecular flexibility index (Phi) is 9.68. The second-order valence-electron chi connectivity index (χ2n) is 9.70. The van der Waals surface area contributed by atoms with Crippen molar-refractivity contribution < 1.29 is 0 Å². The second-order valence-corrected chi connectivity index (χ2v) is 11.1. The number of aromatic nitrogens is 1. The van der Waals surface area contributed by atoms with Gasteiger partial charge in [-0.3, -0.25) is 4.90 Å². The van der Waals surface area contributed by atoms with Crippen molar-refractivity contribution in [3.63, 3.8) is 0 Å². The summed E-state index contributed by atoms with van der Waals surface area (Å²) >= 11 is 7.89. The van der Waals surface area contributed by atoms with Crippen LogP contribution in [0.1, 0.15) is 76.2 Å². The lowest BCUT2D eigenvalue weighted by Gasteiger charge is -2.33. The van der Waals surface area contributed by atoms with Crippen LogP contribution in [0.25, 0.3) is 0 Å². The Bertz CT molecular complexity index is 760. The monoisotopic (exact) mass is 461 g/mol. The molecule has 1 aromatic carbocycles. The molecule has 3 nitrogen and oxygen atoms in total. The number of likely N-dealkylation sites (tertiary alicyclic amines) is 1. The maximum absolute atomic E-state index is 6.13. The van der Waals surface area contributed by atoms with Gasteiger partial charge in [0.1, 0.15) is 5.15 Å². The zero-order chi connectivity index (χ0) is 22.2. The van der Waals surface area contributed by atoms with E-state index in [-0.39, 0.29) is 0 Å². The Hall–Kier alpha value is -1.10. The zero-order valence-electron chi connectivity index (χ0n) is 19.8. The summed E-state index contributed by atoms with van der Waals surface area (Å²) in [6.45, 7) is 15.0. The van der Waals surface area contributed by atoms with Crippen molar-refractivity contribution in [2.24, 2.45) is 11.8 Å². The fourth-order valence-electron chi connectivity index (χ4n) is 4.50. The molecule has 0 N–H and O–H groups in total. The van der Waals surface area contributed by atoms with Crippen molar-refractivity contribution in [1.82, 2.24) is 9.88 Å². The molecule has 0 bridgehead atoms. The van der Waals surface area contributed by atoms with E-state index in [0.29, 0.717) is 11.1 Å². The first-order chi connectivity index (χ1) is 14.9. The standard InChI is InChI=1S/C15H23N.C11H17ClN2S/c1-13(2)15-8-10-16(11-9-15)12-14-6-4-3-5-7-14;1-8(2)9-10(12)13-11(15-9)14-6-4-3-5-7-14/h3-7,13,15H,8-12H2,1-2H3;8H,3-7H2,1-2H3. The minimum Gasteiger partial charge on any atom is -0.348 e. The van der Waals surface area contributed by atoms with E-state index in [9.17, 15) is 0 Å². The van der Waals surface area contributed by atoms with Gasteiger partial charge in [0.05, 0.1) is 0 Å². The summed E-state index contributed by atoms with van der Waals surface area (Å²) in [6.07, 6.45) is 6.68. The molecule has 2 saturated heterocycles. The Morgan fingerprint density at radius 1 is 0.968 bits per heavy atom. The summed E-state index contributed by atoms with van der Waals surface area (Å²) in [4.78, 5) is 10.6. The molecular weight excluding hydrogens is 422 g/mol. The number of hydrogen-bond acceptors (Lipinski definition) is 4. The van der Waals surface area contributed by atoms with Gasteiger partial charge in [-0.15, -0.1) is 11.3 Å². The highest BCUT2D eigenvalue weighted by atomic mass is 35.5. The Balaban J connectivity index is 0.000000176. The van der Waals surface area contributed by atoms with Gasteiger partial charge >= 0.3 is 0 Å². The quantitative estimate of drug-likeness (QED) is 0.460. The maximum atomic E-state index is 6.13. The van der Waals surface area contributed by atoms with E-state index < -0.39 is 0 Å². The van der Waals surface area contributed by atoms with Crippen LogP contribution in [-0.4, -0.2) is 36.1 Å². The van der Waals surface area contributed by atoms with E-state index in [1.807, 2.05) is 0 Å². The molecule has 1 aromatic heterocycles. The third-order valence-electron chi connectivity index (χ3n) is 6.57. The molecule has 2 aliphatic heterocycles. The number of rotatable bonds is 5. The molecule has 4 rings (SSSR count). The minimum atomic E-state index is 0.480. The topological polar surface area (TPSA) is 19.4 Å². The van der Waals surface area contributed by atoms with Gasteiger partial charge in [0.15, 0.2) is 5.13 Å². The maximum Gasteiger partial charge on any atom is 0.187 e. The van der Waals surface area contributed by atoms with Crippen molar-refractivity contribution >= 4 is 28.1 Å². The van der Waals surface area contributed by atoms with E-state index in [0.717, 1.165) is 36.6 Å². The largest absolute Gasteiger partial charge is 0.348 e. The van der Waals surface area contributed by atoms with E-state index in [1.54, 1.807) is 11.3 Å². The highest BCUT2D eigenvalue weighted by Crippen LogP contribution is 2.35. The normalized spacial score (nSPS) is 18.4. The molecule has 3 heterocycles. The Morgan fingerprint density at radius 3 is 2.16 bits per heavy atom. The minimum absolute atomic E-state index is 0.480. The molecule has 5 heteroatoms. The molecule has 0 aliphatic carbocycles. The fourth-order valence-corrected chi connectivity index (χ4v) is 5.97. The van der Waals surface area contributed by atoms with E-state index in [4.69, 9.17) is 11.6 Å². The van der Waals surface area contributed by atoms with Gasteiger partial charge in [0.2, 0.25) is 0 Å². The second kappa shape index (κ2) is 12.2. The number of thiazole rings is 1. The Morgan fingerprint density at radius 2 is 1.61 bits per heavy atom. The van der Waals surface area contributed by atoms with Crippen molar-refractivity contribution in [1.29, 1.82) is 0 Å². The molecule has 0 spiro atoms. The third kappa shape index (κ3) is 7.47. The van der Waals surface area contributed by atoms with Crippen molar-refractivity contribution in [3.05, 3.63) is 45.9 Å². The fraction of sp³-hybridized carbons (Fsp3) is 0.654. The van der Waals surface area contributed by atoms with E-state index in [2.05, 4.69) is 72.8 Å². The van der Waals surface area contributed by atoms with Crippen LogP contribution in [0.2, 0.25) is 5.15 Å². The molecule has 172 valence electrons. The molecule has 31 heavy (non-hydrogen) atoms. The molecule has 0 unspecified atom stereocenters. The third-order valence-corrected chi connectivity index (χ3v) is 8.39. The Labute approximate surface area is 198 Å². The van der Waals surface area contributed by atoms with Gasteiger partial charge in [-0.25, -0.2) is 4.98 Å². The lowest BCUT2D eigenvalue weighted by atomic mass is 9.86. The molecule has 0 saturated carbocycles. The molecule has 0 amide bonds. The predicted molar refractivity (Wildman–Crippen MR) is 137 cm³/mol. The summed E-state index contributed by atoms with van der Waals surface area (Å²) < 4.78 is 0. The molecular formula is C26H40ClN3S. The van der Waals surface area contributed by atoms with Crippen LogP contribution in [0, 0.1) is 11.8 Å². The molecule has 2 aromatic rings. The highest BCUT2D eigenvalue weighted by molar-refractivity contribution is 7.16. The van der Waals surface area contributed by atoms with Crippen molar-refractivity contribution in [2.45, 2.75) is 72.3 Å². The highest BCUT2D eigenvalue weighted by Gasteiger charge is 2.21. The van der Waals surface area contributed by atoms with Gasteiger partial charge in [-0.2, -0.15) is 0 Å².